The molecule has 0 radical (unpaired) electrons. The van der Waals surface area contributed by atoms with Crippen molar-refractivity contribution < 1.29 is 48.8 Å². The minimum atomic E-state index is -1.60. The van der Waals surface area contributed by atoms with Gasteiger partial charge in [0.05, 0.1) is 19.8 Å². The maximum absolute atomic E-state index is 13.3. The number of amides is 4. The maximum atomic E-state index is 13.3. The lowest BCUT2D eigenvalue weighted by atomic mass is 10.0. The van der Waals surface area contributed by atoms with E-state index in [2.05, 4.69) is 28.2 Å². The van der Waals surface area contributed by atoms with Crippen molar-refractivity contribution in [3.8, 4) is 5.75 Å². The van der Waals surface area contributed by atoms with E-state index in [1.807, 2.05) is 0 Å². The molecule has 0 unspecified atom stereocenters. The van der Waals surface area contributed by atoms with E-state index in [0.717, 1.165) is 32.1 Å². The zero-order valence-corrected chi connectivity index (χ0v) is 26.8. The first-order valence-electron chi connectivity index (χ1n) is 15.5. The number of carbonyl (C=O) groups is 6. The number of carboxylic acid groups (broad SMARTS) is 1. The summed E-state index contributed by atoms with van der Waals surface area (Å²) < 4.78 is 5.38. The third-order valence-electron chi connectivity index (χ3n) is 6.87. The highest BCUT2D eigenvalue weighted by molar-refractivity contribution is 5.95. The molecule has 258 valence electrons. The molecule has 4 atom stereocenters. The first-order valence-corrected chi connectivity index (χ1v) is 15.5. The molecule has 0 saturated heterocycles. The van der Waals surface area contributed by atoms with Gasteiger partial charge in [0, 0.05) is 12.8 Å². The lowest BCUT2D eigenvalue weighted by Crippen LogP contribution is -2.59. The third-order valence-corrected chi connectivity index (χ3v) is 6.87. The highest BCUT2D eigenvalue weighted by Crippen LogP contribution is 2.16. The number of hydrogen-bond acceptors (Lipinski definition) is 10. The number of nitrogens with two attached hydrogens (primary N) is 1. The molecule has 15 heteroatoms. The van der Waals surface area contributed by atoms with Crippen molar-refractivity contribution >= 4 is 35.6 Å². The molecular weight excluding hydrogens is 602 g/mol. The SMILES string of the molecule is CCCCCCCC(=O)Oc1ccc(C[C@H](NC(=O)[C@H](CO)NC(=O)[C@H](CO)NC(=O)CN)C(=O)N[C@@H](CC(C)C)C(=O)O)cc1. The molecule has 15 nitrogen and oxygen atoms in total. The average Bonchev–Trinajstić information content (AvgIpc) is 3.01. The predicted molar refractivity (Wildman–Crippen MR) is 167 cm³/mol. The van der Waals surface area contributed by atoms with E-state index in [1.54, 1.807) is 26.0 Å². The topological polar surface area (TPSA) is 246 Å². The summed E-state index contributed by atoms with van der Waals surface area (Å²) in [4.78, 5) is 74.5. The standard InChI is InChI=1S/C31H49N5O10/c1-4-5-6-7-8-9-27(40)46-21-12-10-20(11-13-21)15-22(28(41)35-23(31(44)45)14-19(2)3)34-30(43)25(18-38)36-29(42)24(17-37)33-26(39)16-32/h10-13,19,22-25,37-38H,4-9,14-18,32H2,1-3H3,(H,33,39)(H,34,43)(H,35,41)(H,36,42)(H,44,45)/t22-,23-,24-,25-/m0/s1. The number of aliphatic hydroxyl groups is 2. The fourth-order valence-corrected chi connectivity index (χ4v) is 4.35. The Morgan fingerprint density at radius 2 is 1.28 bits per heavy atom. The molecule has 4 amide bonds. The number of nitrogens with one attached hydrogen (secondary N) is 4. The molecule has 0 heterocycles. The van der Waals surface area contributed by atoms with Gasteiger partial charge in [-0.2, -0.15) is 0 Å². The Morgan fingerprint density at radius 3 is 1.80 bits per heavy atom. The van der Waals surface area contributed by atoms with Crippen LogP contribution in [0.1, 0.15) is 71.3 Å². The second-order valence-corrected chi connectivity index (χ2v) is 11.3. The van der Waals surface area contributed by atoms with Crippen LogP contribution in [0.25, 0.3) is 0 Å². The van der Waals surface area contributed by atoms with Gasteiger partial charge in [-0.05, 0) is 36.5 Å². The number of carboxylic acids is 1. The summed E-state index contributed by atoms with van der Waals surface area (Å²) in [7, 11) is 0. The first-order chi connectivity index (χ1) is 21.8. The van der Waals surface area contributed by atoms with Gasteiger partial charge in [-0.3, -0.25) is 24.0 Å². The zero-order valence-electron chi connectivity index (χ0n) is 26.8. The molecule has 1 aromatic rings. The monoisotopic (exact) mass is 651 g/mol. The number of rotatable bonds is 22. The average molecular weight is 652 g/mol. The van der Waals surface area contributed by atoms with Crippen LogP contribution in [0.5, 0.6) is 5.75 Å². The number of aliphatic hydroxyl groups excluding tert-OH is 2. The molecule has 0 aliphatic heterocycles. The largest absolute Gasteiger partial charge is 0.480 e. The molecule has 9 N–H and O–H groups in total. The number of ether oxygens (including phenoxy) is 1. The summed E-state index contributed by atoms with van der Waals surface area (Å²) in [5, 5.41) is 38.1. The summed E-state index contributed by atoms with van der Waals surface area (Å²) in [6.45, 7) is 3.49. The molecule has 0 saturated carbocycles. The number of esters is 1. The molecule has 46 heavy (non-hydrogen) atoms. The molecule has 0 aliphatic carbocycles. The van der Waals surface area contributed by atoms with Crippen LogP contribution in [-0.2, 0) is 35.2 Å². The van der Waals surface area contributed by atoms with Crippen molar-refractivity contribution in [3.05, 3.63) is 29.8 Å². The number of benzene rings is 1. The fourth-order valence-electron chi connectivity index (χ4n) is 4.35. The minimum Gasteiger partial charge on any atom is -0.480 e. The molecule has 0 fully saturated rings. The number of carbonyl (C=O) groups excluding carboxylic acids is 5. The van der Waals surface area contributed by atoms with Gasteiger partial charge in [-0.25, -0.2) is 4.79 Å². The minimum absolute atomic E-state index is 0.0748. The summed E-state index contributed by atoms with van der Waals surface area (Å²) in [6.07, 6.45) is 5.19. The van der Waals surface area contributed by atoms with E-state index in [-0.39, 0.29) is 31.1 Å². The van der Waals surface area contributed by atoms with Crippen LogP contribution in [-0.4, -0.2) is 94.8 Å². The zero-order chi connectivity index (χ0) is 34.6. The van der Waals surface area contributed by atoms with Crippen LogP contribution in [0.15, 0.2) is 24.3 Å². The Labute approximate surface area is 269 Å². The molecule has 0 aliphatic rings. The third kappa shape index (κ3) is 15.3. The summed E-state index contributed by atoms with van der Waals surface area (Å²) in [6, 6.07) is 0.560. The van der Waals surface area contributed by atoms with Gasteiger partial charge in [-0.15, -0.1) is 0 Å². The fraction of sp³-hybridized carbons (Fsp3) is 0.613. The summed E-state index contributed by atoms with van der Waals surface area (Å²) in [5.41, 5.74) is 5.73. The van der Waals surface area contributed by atoms with Gasteiger partial charge in [-0.1, -0.05) is 58.6 Å². The number of hydrogen-bond donors (Lipinski definition) is 8. The van der Waals surface area contributed by atoms with E-state index in [0.29, 0.717) is 11.3 Å². The Kier molecular flexibility index (Phi) is 18.8. The number of unbranched alkanes of at least 4 members (excludes halogenated alkanes) is 4. The lowest BCUT2D eigenvalue weighted by Gasteiger charge is -2.25. The first kappa shape index (κ1) is 39.9. The number of aliphatic carboxylic acids is 1. The van der Waals surface area contributed by atoms with Crippen molar-refractivity contribution in [1.82, 2.24) is 21.3 Å². The van der Waals surface area contributed by atoms with Gasteiger partial charge in [0.15, 0.2) is 0 Å². The predicted octanol–water partition coefficient (Wildman–Crippen LogP) is -0.492. The van der Waals surface area contributed by atoms with Crippen molar-refractivity contribution in [1.29, 1.82) is 0 Å². The van der Waals surface area contributed by atoms with Crippen LogP contribution in [0.2, 0.25) is 0 Å². The molecule has 0 aromatic heterocycles. The van der Waals surface area contributed by atoms with Gasteiger partial charge in [0.2, 0.25) is 23.6 Å². The van der Waals surface area contributed by atoms with Crippen molar-refractivity contribution in [2.24, 2.45) is 11.7 Å². The van der Waals surface area contributed by atoms with Gasteiger partial charge in [0.25, 0.3) is 0 Å². The van der Waals surface area contributed by atoms with Crippen molar-refractivity contribution in [2.45, 2.75) is 96.3 Å². The maximum Gasteiger partial charge on any atom is 0.326 e. The molecular formula is C31H49N5O10. The lowest BCUT2D eigenvalue weighted by molar-refractivity contribution is -0.143. The molecule has 0 spiro atoms. The normalized spacial score (nSPS) is 13.5. The van der Waals surface area contributed by atoms with Crippen LogP contribution >= 0.6 is 0 Å². The van der Waals surface area contributed by atoms with E-state index in [4.69, 9.17) is 10.5 Å². The quantitative estimate of drug-likeness (QED) is 0.0451. The Bertz CT molecular complexity index is 1150. The van der Waals surface area contributed by atoms with Crippen molar-refractivity contribution in [3.63, 3.8) is 0 Å². The van der Waals surface area contributed by atoms with Crippen LogP contribution in [0.4, 0.5) is 0 Å². The summed E-state index contributed by atoms with van der Waals surface area (Å²) >= 11 is 0. The smallest absolute Gasteiger partial charge is 0.326 e. The molecule has 1 rings (SSSR count). The van der Waals surface area contributed by atoms with Crippen LogP contribution in [0.3, 0.4) is 0 Å². The Morgan fingerprint density at radius 1 is 0.761 bits per heavy atom. The second kappa shape index (κ2) is 21.6. The van der Waals surface area contributed by atoms with Gasteiger partial charge >= 0.3 is 11.9 Å². The highest BCUT2D eigenvalue weighted by atomic mass is 16.5. The molecule has 1 aromatic carbocycles. The van der Waals surface area contributed by atoms with E-state index >= 15 is 0 Å². The Balaban J connectivity index is 3.08. The molecule has 0 bridgehead atoms. The highest BCUT2D eigenvalue weighted by Gasteiger charge is 2.31. The van der Waals surface area contributed by atoms with Crippen LogP contribution in [0, 0.1) is 5.92 Å². The van der Waals surface area contributed by atoms with Crippen LogP contribution < -0.4 is 31.7 Å². The van der Waals surface area contributed by atoms with Gasteiger partial charge in [0.1, 0.15) is 29.9 Å². The van der Waals surface area contributed by atoms with Crippen molar-refractivity contribution in [2.75, 3.05) is 19.8 Å². The van der Waals surface area contributed by atoms with E-state index in [1.165, 1.54) is 12.1 Å². The van der Waals surface area contributed by atoms with E-state index in [9.17, 15) is 44.1 Å². The van der Waals surface area contributed by atoms with E-state index < -0.39 is 73.5 Å². The summed E-state index contributed by atoms with van der Waals surface area (Å²) in [5.74, 6) is -4.97. The second-order valence-electron chi connectivity index (χ2n) is 11.3. The Hall–Kier alpha value is -4.08. The van der Waals surface area contributed by atoms with Gasteiger partial charge < -0.3 is 47.1 Å².